The van der Waals surface area contributed by atoms with Crippen LogP contribution in [0.2, 0.25) is 0 Å². The minimum Gasteiger partial charge on any atom is -0.257 e. The normalized spacial score (nSPS) is 32.6. The summed E-state index contributed by atoms with van der Waals surface area (Å²) in [6.45, 7) is 4.63. The summed E-state index contributed by atoms with van der Waals surface area (Å²) >= 11 is 0. The Labute approximate surface area is 97.6 Å². The number of hydrogen-bond donors (Lipinski definition) is 0. The SMILES string of the molecule is CC1=Nc2ccccc2[C@@]12CCCC[C@H]2C. The molecule has 3 rings (SSSR count). The zero-order chi connectivity index (χ0) is 11.2. The summed E-state index contributed by atoms with van der Waals surface area (Å²) < 4.78 is 0. The Morgan fingerprint density at radius 2 is 2.06 bits per heavy atom. The van der Waals surface area contributed by atoms with Crippen LogP contribution < -0.4 is 0 Å². The van der Waals surface area contributed by atoms with Gasteiger partial charge in [0.25, 0.3) is 0 Å². The molecule has 1 heterocycles. The number of aliphatic imine (C=N–C) groups is 1. The molecular formula is C15H19N. The predicted molar refractivity (Wildman–Crippen MR) is 68.5 cm³/mol. The lowest BCUT2D eigenvalue weighted by Gasteiger charge is -2.40. The minimum atomic E-state index is 0.273. The van der Waals surface area contributed by atoms with Crippen LogP contribution in [0.15, 0.2) is 29.3 Å². The second kappa shape index (κ2) is 3.44. The molecule has 2 aliphatic rings. The van der Waals surface area contributed by atoms with Crippen molar-refractivity contribution in [2.75, 3.05) is 0 Å². The van der Waals surface area contributed by atoms with Gasteiger partial charge in [-0.2, -0.15) is 0 Å². The molecule has 16 heavy (non-hydrogen) atoms. The smallest absolute Gasteiger partial charge is 0.0670 e. The Morgan fingerprint density at radius 1 is 1.25 bits per heavy atom. The highest BCUT2D eigenvalue weighted by molar-refractivity contribution is 6.00. The first kappa shape index (κ1) is 10.1. The lowest BCUT2D eigenvalue weighted by molar-refractivity contribution is 0.277. The maximum atomic E-state index is 4.80. The number of rotatable bonds is 0. The minimum absolute atomic E-state index is 0.273. The monoisotopic (exact) mass is 213 g/mol. The van der Waals surface area contributed by atoms with E-state index < -0.39 is 0 Å². The van der Waals surface area contributed by atoms with Crippen molar-refractivity contribution >= 4 is 11.4 Å². The van der Waals surface area contributed by atoms with E-state index in [1.54, 1.807) is 0 Å². The van der Waals surface area contributed by atoms with Crippen molar-refractivity contribution in [1.82, 2.24) is 0 Å². The van der Waals surface area contributed by atoms with E-state index in [4.69, 9.17) is 4.99 Å². The first-order chi connectivity index (χ1) is 7.75. The van der Waals surface area contributed by atoms with E-state index in [9.17, 15) is 0 Å². The van der Waals surface area contributed by atoms with Crippen LogP contribution in [-0.4, -0.2) is 5.71 Å². The molecule has 0 saturated heterocycles. The van der Waals surface area contributed by atoms with Crippen LogP contribution in [0.25, 0.3) is 0 Å². The van der Waals surface area contributed by atoms with Gasteiger partial charge >= 0.3 is 0 Å². The van der Waals surface area contributed by atoms with Crippen LogP contribution in [0.4, 0.5) is 5.69 Å². The number of para-hydroxylation sites is 1. The Bertz CT molecular complexity index is 447. The average Bonchev–Trinajstić information content (AvgIpc) is 2.57. The van der Waals surface area contributed by atoms with E-state index in [0.717, 1.165) is 5.92 Å². The quantitative estimate of drug-likeness (QED) is 0.611. The largest absolute Gasteiger partial charge is 0.257 e. The maximum Gasteiger partial charge on any atom is 0.0670 e. The molecule has 1 saturated carbocycles. The van der Waals surface area contributed by atoms with Crippen molar-refractivity contribution in [3.05, 3.63) is 29.8 Å². The van der Waals surface area contributed by atoms with Gasteiger partial charge in [0.15, 0.2) is 0 Å². The third kappa shape index (κ3) is 1.15. The molecule has 0 aromatic heterocycles. The maximum absolute atomic E-state index is 4.80. The molecule has 1 aromatic carbocycles. The number of benzene rings is 1. The molecule has 1 aliphatic carbocycles. The number of fused-ring (bicyclic) bond motifs is 2. The zero-order valence-corrected chi connectivity index (χ0v) is 10.2. The molecule has 1 aromatic rings. The molecule has 0 unspecified atom stereocenters. The van der Waals surface area contributed by atoms with Gasteiger partial charge in [0.2, 0.25) is 0 Å². The van der Waals surface area contributed by atoms with Crippen LogP contribution in [0, 0.1) is 5.92 Å². The van der Waals surface area contributed by atoms with Gasteiger partial charge < -0.3 is 0 Å². The number of nitrogens with zero attached hydrogens (tertiary/aromatic N) is 1. The van der Waals surface area contributed by atoms with Crippen molar-refractivity contribution in [1.29, 1.82) is 0 Å². The Hall–Kier alpha value is -1.11. The van der Waals surface area contributed by atoms with Crippen molar-refractivity contribution in [2.45, 2.75) is 44.9 Å². The Balaban J connectivity index is 2.17. The third-order valence-corrected chi connectivity index (χ3v) is 4.62. The molecule has 0 bridgehead atoms. The van der Waals surface area contributed by atoms with Gasteiger partial charge in [-0.1, -0.05) is 38.0 Å². The van der Waals surface area contributed by atoms with Crippen LogP contribution in [-0.2, 0) is 5.41 Å². The molecule has 1 spiro atoms. The molecule has 0 N–H and O–H groups in total. The van der Waals surface area contributed by atoms with Gasteiger partial charge in [-0.3, -0.25) is 4.99 Å². The lowest BCUT2D eigenvalue weighted by atomic mass is 9.62. The van der Waals surface area contributed by atoms with Crippen molar-refractivity contribution in [3.8, 4) is 0 Å². The summed E-state index contributed by atoms with van der Waals surface area (Å²) in [4.78, 5) is 4.80. The van der Waals surface area contributed by atoms with Crippen LogP contribution in [0.1, 0.15) is 45.1 Å². The van der Waals surface area contributed by atoms with Gasteiger partial charge in [0.1, 0.15) is 0 Å². The van der Waals surface area contributed by atoms with Gasteiger partial charge in [0.05, 0.1) is 5.69 Å². The van der Waals surface area contributed by atoms with Crippen LogP contribution in [0.3, 0.4) is 0 Å². The molecule has 0 amide bonds. The zero-order valence-electron chi connectivity index (χ0n) is 10.2. The summed E-state index contributed by atoms with van der Waals surface area (Å²) in [7, 11) is 0. The summed E-state index contributed by atoms with van der Waals surface area (Å²) in [6.07, 6.45) is 5.38. The fourth-order valence-electron chi connectivity index (χ4n) is 3.71. The fraction of sp³-hybridized carbons (Fsp3) is 0.533. The van der Waals surface area contributed by atoms with Gasteiger partial charge in [-0.05, 0) is 37.3 Å². The highest BCUT2D eigenvalue weighted by atomic mass is 14.8. The van der Waals surface area contributed by atoms with E-state index in [1.165, 1.54) is 42.6 Å². The van der Waals surface area contributed by atoms with Crippen molar-refractivity contribution in [3.63, 3.8) is 0 Å². The fourth-order valence-corrected chi connectivity index (χ4v) is 3.71. The second-order valence-electron chi connectivity index (χ2n) is 5.33. The highest BCUT2D eigenvalue weighted by Gasteiger charge is 2.46. The summed E-state index contributed by atoms with van der Waals surface area (Å²) in [5.41, 5.74) is 4.32. The topological polar surface area (TPSA) is 12.4 Å². The summed E-state index contributed by atoms with van der Waals surface area (Å²) in [5.74, 6) is 0.744. The standard InChI is InChI=1S/C15H19N/c1-11-7-5-6-10-15(11)12(2)16-14-9-4-3-8-13(14)15/h3-4,8-9,11H,5-7,10H2,1-2H3/t11-,15-/m1/s1. The van der Waals surface area contributed by atoms with E-state index >= 15 is 0 Å². The molecular weight excluding hydrogens is 194 g/mol. The molecule has 1 heteroatoms. The van der Waals surface area contributed by atoms with Crippen molar-refractivity contribution in [2.24, 2.45) is 10.9 Å². The molecule has 1 aliphatic heterocycles. The molecule has 0 radical (unpaired) electrons. The summed E-state index contributed by atoms with van der Waals surface area (Å²) in [6, 6.07) is 8.71. The molecule has 1 fully saturated rings. The van der Waals surface area contributed by atoms with E-state index in [-0.39, 0.29) is 5.41 Å². The predicted octanol–water partition coefficient (Wildman–Crippen LogP) is 4.24. The Morgan fingerprint density at radius 3 is 2.88 bits per heavy atom. The molecule has 84 valence electrons. The van der Waals surface area contributed by atoms with Crippen LogP contribution in [0.5, 0.6) is 0 Å². The highest BCUT2D eigenvalue weighted by Crippen LogP contribution is 2.51. The van der Waals surface area contributed by atoms with E-state index in [0.29, 0.717) is 0 Å². The van der Waals surface area contributed by atoms with Crippen molar-refractivity contribution < 1.29 is 0 Å². The second-order valence-corrected chi connectivity index (χ2v) is 5.33. The lowest BCUT2D eigenvalue weighted by Crippen LogP contribution is -2.40. The van der Waals surface area contributed by atoms with E-state index in [2.05, 4.69) is 38.1 Å². The van der Waals surface area contributed by atoms with Gasteiger partial charge in [0, 0.05) is 11.1 Å². The average molecular weight is 213 g/mol. The number of hydrogen-bond acceptors (Lipinski definition) is 1. The molecule has 2 atom stereocenters. The first-order valence-electron chi connectivity index (χ1n) is 6.40. The first-order valence-corrected chi connectivity index (χ1v) is 6.40. The Kier molecular flexibility index (Phi) is 2.17. The van der Waals surface area contributed by atoms with Gasteiger partial charge in [-0.15, -0.1) is 0 Å². The van der Waals surface area contributed by atoms with Gasteiger partial charge in [-0.25, -0.2) is 0 Å². The van der Waals surface area contributed by atoms with Crippen LogP contribution >= 0.6 is 0 Å². The van der Waals surface area contributed by atoms with E-state index in [1.807, 2.05) is 0 Å². The third-order valence-electron chi connectivity index (χ3n) is 4.62. The summed E-state index contributed by atoms with van der Waals surface area (Å²) in [5, 5.41) is 0. The molecule has 1 nitrogen and oxygen atoms in total.